The van der Waals surface area contributed by atoms with Gasteiger partial charge in [0.25, 0.3) is 0 Å². The molecular formula is C11H20. The molecular weight excluding hydrogens is 132 g/mol. The van der Waals surface area contributed by atoms with Crippen LogP contribution in [0.25, 0.3) is 0 Å². The van der Waals surface area contributed by atoms with Crippen LogP contribution in [0.2, 0.25) is 0 Å². The van der Waals surface area contributed by atoms with Gasteiger partial charge in [-0.1, -0.05) is 38.5 Å². The fourth-order valence-electron chi connectivity index (χ4n) is 1.07. The molecule has 0 fully saturated rings. The monoisotopic (exact) mass is 152 g/mol. The molecule has 0 saturated heterocycles. The molecule has 0 aliphatic carbocycles. The molecule has 0 heteroatoms. The molecule has 0 rings (SSSR count). The van der Waals surface area contributed by atoms with Crippen LogP contribution in [-0.2, 0) is 0 Å². The van der Waals surface area contributed by atoms with Gasteiger partial charge in [0.2, 0.25) is 0 Å². The zero-order chi connectivity index (χ0) is 8.69. The van der Waals surface area contributed by atoms with Crippen molar-refractivity contribution in [2.24, 2.45) is 5.92 Å². The van der Waals surface area contributed by atoms with Gasteiger partial charge in [-0.2, -0.15) is 0 Å². The van der Waals surface area contributed by atoms with E-state index in [2.05, 4.69) is 27.0 Å². The molecule has 1 unspecified atom stereocenters. The number of unbranched alkanes of at least 4 members (excludes halogenated alkanes) is 1. The topological polar surface area (TPSA) is 0 Å². The lowest BCUT2D eigenvalue weighted by atomic mass is 9.95. The van der Waals surface area contributed by atoms with E-state index in [1.807, 2.05) is 6.08 Å². The van der Waals surface area contributed by atoms with Crippen LogP contribution in [0.15, 0.2) is 24.8 Å². The van der Waals surface area contributed by atoms with Crippen molar-refractivity contribution in [3.63, 3.8) is 0 Å². The van der Waals surface area contributed by atoms with Crippen molar-refractivity contribution < 1.29 is 0 Å². The molecule has 0 N–H and O–H groups in total. The first-order valence-electron chi connectivity index (χ1n) is 4.50. The van der Waals surface area contributed by atoms with Gasteiger partial charge >= 0.3 is 0 Å². The van der Waals surface area contributed by atoms with Gasteiger partial charge in [-0.3, -0.25) is 0 Å². The Kier molecular flexibility index (Phi) is 5.91. The minimum absolute atomic E-state index is 0.624. The standard InChI is InChI=1S/C11H20/c1-5-7-9-11(4)10(3)8-6-2/h6,10H,2,4-5,7-9H2,1,3H3. The van der Waals surface area contributed by atoms with Crippen molar-refractivity contribution in [2.45, 2.75) is 39.5 Å². The highest BCUT2D eigenvalue weighted by Crippen LogP contribution is 2.18. The average Bonchev–Trinajstić information content (AvgIpc) is 2.00. The van der Waals surface area contributed by atoms with E-state index in [9.17, 15) is 0 Å². The molecule has 11 heavy (non-hydrogen) atoms. The maximum Gasteiger partial charge on any atom is -0.0200 e. The number of rotatable bonds is 6. The van der Waals surface area contributed by atoms with E-state index in [4.69, 9.17) is 0 Å². The third kappa shape index (κ3) is 4.83. The largest absolute Gasteiger partial charge is 0.103 e. The molecule has 0 aromatic rings. The summed E-state index contributed by atoms with van der Waals surface area (Å²) in [6.07, 6.45) is 6.77. The first-order valence-corrected chi connectivity index (χ1v) is 4.50. The Balaban J connectivity index is 3.54. The van der Waals surface area contributed by atoms with Gasteiger partial charge in [0.05, 0.1) is 0 Å². The molecule has 0 saturated carbocycles. The Morgan fingerprint density at radius 2 is 2.18 bits per heavy atom. The summed E-state index contributed by atoms with van der Waals surface area (Å²) >= 11 is 0. The van der Waals surface area contributed by atoms with Crippen LogP contribution < -0.4 is 0 Å². The molecule has 0 aliphatic rings. The van der Waals surface area contributed by atoms with Gasteiger partial charge in [-0.25, -0.2) is 0 Å². The summed E-state index contributed by atoms with van der Waals surface area (Å²) < 4.78 is 0. The van der Waals surface area contributed by atoms with Crippen molar-refractivity contribution in [1.82, 2.24) is 0 Å². The molecule has 0 radical (unpaired) electrons. The van der Waals surface area contributed by atoms with E-state index in [0.717, 1.165) is 6.42 Å². The molecule has 1 atom stereocenters. The molecule has 0 aromatic heterocycles. The molecule has 0 aromatic carbocycles. The Hall–Kier alpha value is -0.520. The van der Waals surface area contributed by atoms with Gasteiger partial charge < -0.3 is 0 Å². The lowest BCUT2D eigenvalue weighted by Gasteiger charge is -2.11. The zero-order valence-corrected chi connectivity index (χ0v) is 7.90. The summed E-state index contributed by atoms with van der Waals surface area (Å²) in [6, 6.07) is 0. The van der Waals surface area contributed by atoms with Crippen LogP contribution in [0.3, 0.4) is 0 Å². The summed E-state index contributed by atoms with van der Waals surface area (Å²) in [6.45, 7) is 12.2. The maximum atomic E-state index is 4.06. The lowest BCUT2D eigenvalue weighted by molar-refractivity contribution is 0.636. The average molecular weight is 152 g/mol. The summed E-state index contributed by atoms with van der Waals surface area (Å²) in [7, 11) is 0. The van der Waals surface area contributed by atoms with Gasteiger partial charge in [0.15, 0.2) is 0 Å². The molecule has 0 amide bonds. The minimum Gasteiger partial charge on any atom is -0.103 e. The molecule has 0 heterocycles. The van der Waals surface area contributed by atoms with E-state index in [-0.39, 0.29) is 0 Å². The third-order valence-electron chi connectivity index (χ3n) is 2.07. The highest BCUT2D eigenvalue weighted by atomic mass is 14.1. The van der Waals surface area contributed by atoms with E-state index >= 15 is 0 Å². The summed E-state index contributed by atoms with van der Waals surface area (Å²) in [4.78, 5) is 0. The molecule has 0 aliphatic heterocycles. The molecule has 0 bridgehead atoms. The lowest BCUT2D eigenvalue weighted by Crippen LogP contribution is -1.96. The molecule has 0 nitrogen and oxygen atoms in total. The Labute approximate surface area is 71.0 Å². The van der Waals surface area contributed by atoms with Crippen molar-refractivity contribution in [3.8, 4) is 0 Å². The van der Waals surface area contributed by atoms with E-state index in [0.29, 0.717) is 5.92 Å². The predicted octanol–water partition coefficient (Wildman–Crippen LogP) is 3.95. The Morgan fingerprint density at radius 3 is 2.64 bits per heavy atom. The quantitative estimate of drug-likeness (QED) is 0.506. The predicted molar refractivity (Wildman–Crippen MR) is 52.6 cm³/mol. The van der Waals surface area contributed by atoms with Crippen LogP contribution in [0, 0.1) is 5.92 Å². The smallest absolute Gasteiger partial charge is 0.0200 e. The van der Waals surface area contributed by atoms with Crippen molar-refractivity contribution in [2.75, 3.05) is 0 Å². The van der Waals surface area contributed by atoms with Crippen molar-refractivity contribution in [1.29, 1.82) is 0 Å². The van der Waals surface area contributed by atoms with Gasteiger partial charge in [0.1, 0.15) is 0 Å². The van der Waals surface area contributed by atoms with Crippen LogP contribution in [0.5, 0.6) is 0 Å². The molecule has 64 valence electrons. The Bertz CT molecular complexity index is 122. The SMILES string of the molecule is C=CCC(C)C(=C)CCCC. The van der Waals surface area contributed by atoms with Crippen LogP contribution in [0.1, 0.15) is 39.5 Å². The first-order chi connectivity index (χ1) is 5.22. The van der Waals surface area contributed by atoms with Crippen molar-refractivity contribution >= 4 is 0 Å². The van der Waals surface area contributed by atoms with Gasteiger partial charge in [-0.15, -0.1) is 6.58 Å². The van der Waals surface area contributed by atoms with Gasteiger partial charge in [0, 0.05) is 0 Å². The summed E-state index contributed by atoms with van der Waals surface area (Å²) in [5.74, 6) is 0.624. The summed E-state index contributed by atoms with van der Waals surface area (Å²) in [5.41, 5.74) is 1.38. The number of allylic oxidation sites excluding steroid dienone is 2. The normalized spacial score (nSPS) is 12.5. The first kappa shape index (κ1) is 10.5. The highest BCUT2D eigenvalue weighted by molar-refractivity contribution is 5.00. The fourth-order valence-corrected chi connectivity index (χ4v) is 1.07. The fraction of sp³-hybridized carbons (Fsp3) is 0.636. The zero-order valence-electron chi connectivity index (χ0n) is 7.90. The second-order valence-corrected chi connectivity index (χ2v) is 3.19. The van der Waals surface area contributed by atoms with Crippen LogP contribution in [0.4, 0.5) is 0 Å². The number of hydrogen-bond acceptors (Lipinski definition) is 0. The van der Waals surface area contributed by atoms with E-state index in [1.54, 1.807) is 0 Å². The van der Waals surface area contributed by atoms with Crippen LogP contribution >= 0.6 is 0 Å². The minimum atomic E-state index is 0.624. The third-order valence-corrected chi connectivity index (χ3v) is 2.07. The van der Waals surface area contributed by atoms with E-state index < -0.39 is 0 Å². The second kappa shape index (κ2) is 6.21. The molecule has 0 spiro atoms. The second-order valence-electron chi connectivity index (χ2n) is 3.19. The van der Waals surface area contributed by atoms with E-state index in [1.165, 1.54) is 24.8 Å². The van der Waals surface area contributed by atoms with Gasteiger partial charge in [-0.05, 0) is 25.2 Å². The summed E-state index contributed by atoms with van der Waals surface area (Å²) in [5, 5.41) is 0. The van der Waals surface area contributed by atoms with Crippen molar-refractivity contribution in [3.05, 3.63) is 24.8 Å². The number of hydrogen-bond donors (Lipinski definition) is 0. The maximum absolute atomic E-state index is 4.06. The Morgan fingerprint density at radius 1 is 1.55 bits per heavy atom. The highest BCUT2D eigenvalue weighted by Gasteiger charge is 2.02. The van der Waals surface area contributed by atoms with Crippen LogP contribution in [-0.4, -0.2) is 0 Å².